The summed E-state index contributed by atoms with van der Waals surface area (Å²) in [4.78, 5) is 21.6. The van der Waals surface area contributed by atoms with E-state index >= 15 is 0 Å². The third kappa shape index (κ3) is 5.27. The molecule has 1 aliphatic heterocycles. The lowest BCUT2D eigenvalue weighted by Crippen LogP contribution is -2.53. The first kappa shape index (κ1) is 19.3. The predicted octanol–water partition coefficient (Wildman–Crippen LogP) is 3.08. The molecule has 3 aliphatic rings. The van der Waals surface area contributed by atoms with Crippen molar-refractivity contribution in [3.63, 3.8) is 0 Å². The van der Waals surface area contributed by atoms with Gasteiger partial charge in [0.25, 0.3) is 0 Å². The van der Waals surface area contributed by atoms with Gasteiger partial charge >= 0.3 is 6.09 Å². The largest absolute Gasteiger partial charge is 0.444 e. The Labute approximate surface area is 158 Å². The van der Waals surface area contributed by atoms with Crippen molar-refractivity contribution in [1.82, 2.24) is 15.1 Å². The Morgan fingerprint density at radius 3 is 2.31 bits per heavy atom. The van der Waals surface area contributed by atoms with Gasteiger partial charge in [-0.2, -0.15) is 0 Å². The zero-order valence-electron chi connectivity index (χ0n) is 17.1. The average molecular weight is 365 g/mol. The number of piperidine rings is 1. The van der Waals surface area contributed by atoms with Crippen molar-refractivity contribution in [2.24, 2.45) is 16.8 Å². The van der Waals surface area contributed by atoms with Crippen LogP contribution in [0.25, 0.3) is 0 Å². The van der Waals surface area contributed by atoms with Crippen molar-refractivity contribution in [3.8, 4) is 0 Å². The Bertz CT molecular complexity index is 530. The van der Waals surface area contributed by atoms with Gasteiger partial charge in [0.1, 0.15) is 5.60 Å². The van der Waals surface area contributed by atoms with E-state index in [0.29, 0.717) is 12.0 Å². The molecule has 1 amide bonds. The summed E-state index contributed by atoms with van der Waals surface area (Å²) in [7, 11) is 1.86. The molecule has 0 bridgehead atoms. The van der Waals surface area contributed by atoms with E-state index in [1.165, 1.54) is 19.3 Å². The number of hydrogen-bond donors (Lipinski definition) is 1. The molecule has 2 atom stereocenters. The number of guanidine groups is 1. The quantitative estimate of drug-likeness (QED) is 0.615. The third-order valence-electron chi connectivity index (χ3n) is 5.62. The van der Waals surface area contributed by atoms with Gasteiger partial charge in [-0.05, 0) is 64.7 Å². The maximum absolute atomic E-state index is 12.7. The molecular weight excluding hydrogens is 328 g/mol. The molecule has 2 aliphatic carbocycles. The molecular formula is C20H36N4O2. The first-order valence-corrected chi connectivity index (χ1v) is 10.2. The molecule has 148 valence electrons. The summed E-state index contributed by atoms with van der Waals surface area (Å²) >= 11 is 0. The van der Waals surface area contributed by atoms with E-state index in [1.807, 2.05) is 32.7 Å². The standard InChI is InChI=1S/C20H36N4O2/c1-14-12-17(14)22-18(21-5)23-10-8-16(9-11-23)24(13-15-6-7-15)19(25)26-20(2,3)4/h14-17H,6-13H2,1-5H3,(H,21,22). The number of ether oxygens (including phenoxy) is 1. The lowest BCUT2D eigenvalue weighted by Gasteiger charge is -2.40. The molecule has 2 saturated carbocycles. The summed E-state index contributed by atoms with van der Waals surface area (Å²) in [6.07, 6.45) is 5.54. The number of hydrogen-bond acceptors (Lipinski definition) is 3. The highest BCUT2D eigenvalue weighted by molar-refractivity contribution is 5.80. The zero-order chi connectivity index (χ0) is 18.9. The molecule has 6 heteroatoms. The van der Waals surface area contributed by atoms with Crippen LogP contribution in [0.3, 0.4) is 0 Å². The zero-order valence-corrected chi connectivity index (χ0v) is 17.1. The number of carbonyl (C=O) groups excluding carboxylic acids is 1. The first-order valence-electron chi connectivity index (χ1n) is 10.2. The summed E-state index contributed by atoms with van der Waals surface area (Å²) in [6.45, 7) is 10.8. The molecule has 2 unspecified atom stereocenters. The molecule has 6 nitrogen and oxygen atoms in total. The molecule has 0 aromatic rings. The van der Waals surface area contributed by atoms with Gasteiger partial charge in [-0.25, -0.2) is 4.79 Å². The van der Waals surface area contributed by atoms with Gasteiger partial charge in [0, 0.05) is 38.8 Å². The van der Waals surface area contributed by atoms with Crippen molar-refractivity contribution in [1.29, 1.82) is 0 Å². The Balaban J connectivity index is 1.55. The number of nitrogens with one attached hydrogen (secondary N) is 1. The topological polar surface area (TPSA) is 57.2 Å². The number of carbonyl (C=O) groups is 1. The van der Waals surface area contributed by atoms with E-state index < -0.39 is 5.60 Å². The van der Waals surface area contributed by atoms with Crippen LogP contribution in [0, 0.1) is 11.8 Å². The fraction of sp³-hybridized carbons (Fsp3) is 0.900. The predicted molar refractivity (Wildman–Crippen MR) is 104 cm³/mol. The van der Waals surface area contributed by atoms with Crippen LogP contribution in [-0.4, -0.2) is 66.2 Å². The average Bonchev–Trinajstić information content (AvgIpc) is 3.48. The molecule has 0 radical (unpaired) electrons. The maximum Gasteiger partial charge on any atom is 0.410 e. The molecule has 26 heavy (non-hydrogen) atoms. The summed E-state index contributed by atoms with van der Waals surface area (Å²) < 4.78 is 5.69. The van der Waals surface area contributed by atoms with Crippen LogP contribution in [0.1, 0.15) is 59.8 Å². The molecule has 3 fully saturated rings. The molecule has 3 rings (SSSR count). The highest BCUT2D eigenvalue weighted by atomic mass is 16.6. The minimum absolute atomic E-state index is 0.142. The highest BCUT2D eigenvalue weighted by Crippen LogP contribution is 2.33. The third-order valence-corrected chi connectivity index (χ3v) is 5.62. The van der Waals surface area contributed by atoms with Gasteiger partial charge in [0.2, 0.25) is 0 Å². The number of rotatable bonds is 4. The van der Waals surface area contributed by atoms with Gasteiger partial charge in [-0.3, -0.25) is 4.99 Å². The van der Waals surface area contributed by atoms with E-state index in [2.05, 4.69) is 22.1 Å². The van der Waals surface area contributed by atoms with E-state index in [9.17, 15) is 4.79 Å². The Hall–Kier alpha value is -1.46. The van der Waals surface area contributed by atoms with E-state index in [4.69, 9.17) is 4.74 Å². The van der Waals surface area contributed by atoms with Crippen molar-refractivity contribution in [3.05, 3.63) is 0 Å². The normalized spacial score (nSPS) is 27.3. The lowest BCUT2D eigenvalue weighted by molar-refractivity contribution is 0.00928. The Kier molecular flexibility index (Phi) is 5.68. The monoisotopic (exact) mass is 364 g/mol. The van der Waals surface area contributed by atoms with Crippen LogP contribution in [0.4, 0.5) is 4.79 Å². The minimum Gasteiger partial charge on any atom is -0.444 e. The lowest BCUT2D eigenvalue weighted by atomic mass is 10.0. The van der Waals surface area contributed by atoms with Gasteiger partial charge in [0.15, 0.2) is 5.96 Å². The highest BCUT2D eigenvalue weighted by Gasteiger charge is 2.37. The molecule has 1 saturated heterocycles. The SMILES string of the molecule is CN=C(NC1CC1C)N1CCC(N(CC2CC2)C(=O)OC(C)(C)C)CC1. The van der Waals surface area contributed by atoms with Crippen molar-refractivity contribution < 1.29 is 9.53 Å². The van der Waals surface area contributed by atoms with Crippen molar-refractivity contribution in [2.75, 3.05) is 26.7 Å². The van der Waals surface area contributed by atoms with Crippen molar-refractivity contribution in [2.45, 2.75) is 77.5 Å². The summed E-state index contributed by atoms with van der Waals surface area (Å²) in [5, 5.41) is 3.57. The second kappa shape index (κ2) is 7.65. The number of likely N-dealkylation sites (tertiary alicyclic amines) is 1. The van der Waals surface area contributed by atoms with Gasteiger partial charge in [-0.15, -0.1) is 0 Å². The van der Waals surface area contributed by atoms with Crippen molar-refractivity contribution >= 4 is 12.1 Å². The van der Waals surface area contributed by atoms with Gasteiger partial charge < -0.3 is 19.9 Å². The Morgan fingerprint density at radius 2 is 1.85 bits per heavy atom. The second-order valence-electron chi connectivity index (χ2n) is 9.31. The second-order valence-corrected chi connectivity index (χ2v) is 9.31. The van der Waals surface area contributed by atoms with Crippen LogP contribution in [0.2, 0.25) is 0 Å². The van der Waals surface area contributed by atoms with Crippen LogP contribution in [0.5, 0.6) is 0 Å². The van der Waals surface area contributed by atoms with E-state index in [-0.39, 0.29) is 12.1 Å². The smallest absolute Gasteiger partial charge is 0.410 e. The molecule has 0 aromatic carbocycles. The fourth-order valence-corrected chi connectivity index (χ4v) is 3.65. The van der Waals surface area contributed by atoms with Crippen LogP contribution >= 0.6 is 0 Å². The molecule has 1 N–H and O–H groups in total. The van der Waals surface area contributed by atoms with E-state index in [1.54, 1.807) is 0 Å². The Morgan fingerprint density at radius 1 is 1.23 bits per heavy atom. The molecule has 0 spiro atoms. The van der Waals surface area contributed by atoms with Gasteiger partial charge in [-0.1, -0.05) is 6.92 Å². The maximum atomic E-state index is 12.7. The van der Waals surface area contributed by atoms with Gasteiger partial charge in [0.05, 0.1) is 0 Å². The summed E-state index contributed by atoms with van der Waals surface area (Å²) in [6, 6.07) is 0.860. The fourth-order valence-electron chi connectivity index (χ4n) is 3.65. The number of nitrogens with zero attached hydrogens (tertiary/aromatic N) is 3. The molecule has 0 aromatic heterocycles. The minimum atomic E-state index is -0.438. The summed E-state index contributed by atoms with van der Waals surface area (Å²) in [5.41, 5.74) is -0.438. The molecule has 1 heterocycles. The van der Waals surface area contributed by atoms with Crippen LogP contribution in [0.15, 0.2) is 4.99 Å². The van der Waals surface area contributed by atoms with Crippen LogP contribution in [-0.2, 0) is 4.74 Å². The number of amides is 1. The number of aliphatic imine (C=N–C) groups is 1. The first-order chi connectivity index (χ1) is 12.3. The van der Waals surface area contributed by atoms with Crippen LogP contribution < -0.4 is 5.32 Å². The van der Waals surface area contributed by atoms with E-state index in [0.717, 1.165) is 44.4 Å². The summed E-state index contributed by atoms with van der Waals surface area (Å²) in [5.74, 6) is 2.45.